The monoisotopic (exact) mass is 1050 g/mol. The van der Waals surface area contributed by atoms with Gasteiger partial charge in [0, 0.05) is 0 Å². The maximum Gasteiger partial charge on any atom is 0.488 e. The number of nitriles is 1. The number of methoxy groups -OCH3 is 2. The Morgan fingerprint density at radius 1 is 0.408 bits per heavy atom. The summed E-state index contributed by atoms with van der Waals surface area (Å²) in [6, 6.07) is 46.9. The lowest BCUT2D eigenvalue weighted by Crippen LogP contribution is -2.29. The third-order valence-corrected chi connectivity index (χ3v) is 9.57. The molecule has 0 spiro atoms. The normalized spacial score (nSPS) is 9.67. The summed E-state index contributed by atoms with van der Waals surface area (Å²) in [6.45, 7) is 1.95. The van der Waals surface area contributed by atoms with E-state index in [4.69, 9.17) is 90.2 Å². The highest BCUT2D eigenvalue weighted by Gasteiger charge is 2.30. The molecule has 0 aliphatic carbocycles. The number of halogens is 3. The lowest BCUT2D eigenvalue weighted by atomic mass is 9.80. The maximum atomic E-state index is 12.0. The van der Waals surface area contributed by atoms with Gasteiger partial charge in [0.15, 0.2) is 0 Å². The quantitative estimate of drug-likeness (QED) is 0.0596. The van der Waals surface area contributed by atoms with E-state index in [0.717, 1.165) is 35.4 Å². The average Bonchev–Trinajstić information content (AvgIpc) is 3.40. The Labute approximate surface area is 439 Å². The minimum Gasteiger partial charge on any atom is -0.508 e. The first-order chi connectivity index (χ1) is 35.8. The van der Waals surface area contributed by atoms with Gasteiger partial charge in [0.1, 0.15) is 17.2 Å². The molecule has 28 heteroatoms. The Morgan fingerprint density at radius 2 is 0.737 bits per heavy atom. The lowest BCUT2D eigenvalue weighted by Gasteiger charge is -2.06. The van der Waals surface area contributed by atoms with Gasteiger partial charge in [-0.1, -0.05) is 145 Å². The molecule has 7 aromatic carbocycles. The van der Waals surface area contributed by atoms with Gasteiger partial charge in [-0.3, -0.25) is 0 Å². The largest absolute Gasteiger partial charge is 0.508 e. The molecule has 0 bridgehead atoms. The zero-order chi connectivity index (χ0) is 57.4. The molecule has 396 valence electrons. The fourth-order valence-corrected chi connectivity index (χ4v) is 5.33. The molecule has 18 nitrogen and oxygen atoms in total. The summed E-state index contributed by atoms with van der Waals surface area (Å²) in [4.78, 5) is 0. The van der Waals surface area contributed by atoms with Gasteiger partial charge in [-0.2, -0.15) is 18.4 Å². The highest BCUT2D eigenvalue weighted by atomic mass is 19.4. The minimum atomic E-state index is -4.39. The van der Waals surface area contributed by atoms with Crippen molar-refractivity contribution in [2.75, 3.05) is 14.2 Å². The van der Waals surface area contributed by atoms with E-state index in [-0.39, 0.29) is 11.2 Å². The second-order valence-electron chi connectivity index (χ2n) is 15.3. The second kappa shape index (κ2) is 36.2. The van der Waals surface area contributed by atoms with Crippen LogP contribution in [-0.2, 0) is 12.6 Å². The van der Waals surface area contributed by atoms with Crippen molar-refractivity contribution in [1.29, 1.82) is 5.26 Å². The Bertz CT molecular complexity index is 2610. The molecule has 0 aliphatic rings. The molecule has 0 atom stereocenters. The number of hydrogen-bond donors (Lipinski definition) is 15. The van der Waals surface area contributed by atoms with Gasteiger partial charge in [0.2, 0.25) is 0 Å². The van der Waals surface area contributed by atoms with E-state index < -0.39 is 61.6 Å². The number of rotatable bonds is 10. The Hall–Kier alpha value is -6.89. The predicted octanol–water partition coefficient (Wildman–Crippen LogP) is -3.32. The first-order valence-electron chi connectivity index (χ1n) is 22.2. The number of ether oxygens (including phenoxy) is 2. The number of aryl methyl sites for hydroxylation is 1. The van der Waals surface area contributed by atoms with Crippen LogP contribution >= 0.6 is 0 Å². The molecule has 7 rings (SSSR count). The van der Waals surface area contributed by atoms with Crippen molar-refractivity contribution >= 4 is 88.1 Å². The van der Waals surface area contributed by atoms with Gasteiger partial charge < -0.3 is 84.9 Å². The van der Waals surface area contributed by atoms with Crippen LogP contribution in [0.3, 0.4) is 0 Å². The molecule has 0 amide bonds. The molecule has 0 aromatic heterocycles. The molecule has 15 N–H and O–H groups in total. The molecule has 0 radical (unpaired) electrons. The van der Waals surface area contributed by atoms with Gasteiger partial charge in [0.25, 0.3) is 0 Å². The maximum absolute atomic E-state index is 12.0. The van der Waals surface area contributed by atoms with Gasteiger partial charge in [-0.05, 0) is 87.1 Å². The highest BCUT2D eigenvalue weighted by Crippen LogP contribution is 2.28. The molecule has 0 unspecified atom stereocenters. The predicted molar refractivity (Wildman–Crippen MR) is 288 cm³/mol. The molecule has 76 heavy (non-hydrogen) atoms. The Kier molecular flexibility index (Phi) is 31.9. The molecule has 0 heterocycles. The zero-order valence-corrected chi connectivity index (χ0v) is 41.1. The minimum absolute atomic E-state index is 0.0352. The standard InChI is InChI=1S/C8H8BNO2.C7H6BF3O2.2C7H9BO3.C7H9BO2.C6H7BO3.C6H7BO2/c10-6-5-7-1-3-8(4-2-7)9(11)12;9-7(10,11)5-1-3-6(4-2-5)8(12)13;1-11-7-4-2-6(3-5-7)8(9)10;1-11-7-4-2-3-6(5-7)8(9)10;1-6-2-4-7(5-3-6)8(9)10;8-6-3-1-5(2-4-6)7(9)10;8-7(9)6-4-2-1-3-5-6/h1-4,11-12H,5H2;1-4,12-13H;2*2-5,9-10H,1H3;2-5,9-10H,1H3;1-4,8-10H;1-5,8-9H. The van der Waals surface area contributed by atoms with Crippen LogP contribution in [0.4, 0.5) is 13.2 Å². The van der Waals surface area contributed by atoms with Crippen molar-refractivity contribution in [3.8, 4) is 23.3 Å². The van der Waals surface area contributed by atoms with E-state index in [0.29, 0.717) is 50.7 Å². The van der Waals surface area contributed by atoms with Gasteiger partial charge in [-0.15, -0.1) is 0 Å². The number of nitrogens with zero attached hydrogens (tertiary/aromatic N) is 1. The SMILES string of the molecule is COc1ccc(B(O)O)cc1.COc1cccc(B(O)O)c1.Cc1ccc(B(O)O)cc1.N#CCc1ccc(B(O)O)cc1.OB(O)c1ccc(C(F)(F)F)cc1.OB(O)c1ccc(O)cc1.OB(O)c1ccccc1. The summed E-state index contributed by atoms with van der Waals surface area (Å²) in [7, 11) is -7.05. The highest BCUT2D eigenvalue weighted by molar-refractivity contribution is 6.60. The summed E-state index contributed by atoms with van der Waals surface area (Å²) in [5.74, 6) is 1.44. The number of benzene rings is 7. The molecular weight excluding hydrogens is 995 g/mol. The van der Waals surface area contributed by atoms with E-state index >= 15 is 0 Å². The van der Waals surface area contributed by atoms with Crippen LogP contribution < -0.4 is 47.7 Å². The van der Waals surface area contributed by atoms with E-state index in [1.807, 2.05) is 31.2 Å². The van der Waals surface area contributed by atoms with Gasteiger partial charge in [0.05, 0.1) is 32.3 Å². The number of alkyl halides is 3. The van der Waals surface area contributed by atoms with Crippen LogP contribution in [0.25, 0.3) is 0 Å². The molecule has 0 aliphatic heterocycles. The fraction of sp³-hybridized carbons (Fsp3) is 0.104. The van der Waals surface area contributed by atoms with Crippen molar-refractivity contribution in [3.05, 3.63) is 193 Å². The fourth-order valence-electron chi connectivity index (χ4n) is 5.33. The van der Waals surface area contributed by atoms with Gasteiger partial charge in [-0.25, -0.2) is 0 Å². The third kappa shape index (κ3) is 28.1. The first kappa shape index (κ1) is 67.1. The number of aromatic hydroxyl groups is 1. The smallest absolute Gasteiger partial charge is 0.488 e. The summed E-state index contributed by atoms with van der Waals surface area (Å²) in [6.07, 6.45) is -4.04. The van der Waals surface area contributed by atoms with Crippen LogP contribution in [0.15, 0.2) is 176 Å². The van der Waals surface area contributed by atoms with E-state index in [9.17, 15) is 13.2 Å². The second-order valence-corrected chi connectivity index (χ2v) is 15.3. The lowest BCUT2D eigenvalue weighted by molar-refractivity contribution is -0.137. The van der Waals surface area contributed by atoms with E-state index in [1.165, 1.54) is 31.4 Å². The van der Waals surface area contributed by atoms with Crippen molar-refractivity contribution < 1.29 is 98.1 Å². The Balaban J connectivity index is 0.000000444. The summed E-state index contributed by atoms with van der Waals surface area (Å²) < 4.78 is 45.8. The van der Waals surface area contributed by atoms with Crippen LogP contribution in [-0.4, -0.2) is 139 Å². The van der Waals surface area contributed by atoms with Crippen molar-refractivity contribution in [2.45, 2.75) is 19.5 Å². The molecule has 0 fully saturated rings. The molecule has 0 saturated heterocycles. The molecule has 0 saturated carbocycles. The molecular formula is C48H55B7F3NO17. The van der Waals surface area contributed by atoms with Crippen molar-refractivity contribution in [2.24, 2.45) is 0 Å². The number of hydrogen-bond acceptors (Lipinski definition) is 18. The van der Waals surface area contributed by atoms with E-state index in [2.05, 4.69) is 0 Å². The number of phenolic OH excluding ortho intramolecular Hbond substituents is 1. The number of phenols is 1. The van der Waals surface area contributed by atoms with Crippen molar-refractivity contribution in [1.82, 2.24) is 0 Å². The van der Waals surface area contributed by atoms with Crippen LogP contribution in [0.5, 0.6) is 17.2 Å². The zero-order valence-electron chi connectivity index (χ0n) is 41.1. The first-order valence-corrected chi connectivity index (χ1v) is 22.2. The summed E-state index contributed by atoms with van der Waals surface area (Å²) >= 11 is 0. The average molecular weight is 1050 g/mol. The van der Waals surface area contributed by atoms with E-state index in [1.54, 1.807) is 116 Å². The Morgan fingerprint density at radius 3 is 1.08 bits per heavy atom. The van der Waals surface area contributed by atoms with Crippen molar-refractivity contribution in [3.63, 3.8) is 0 Å². The van der Waals surface area contributed by atoms with Gasteiger partial charge >= 0.3 is 56.0 Å². The summed E-state index contributed by atoms with van der Waals surface area (Å²) in [5, 5.41) is 138. The topological polar surface area (TPSA) is 346 Å². The van der Waals surface area contributed by atoms with Crippen LogP contribution in [0.2, 0.25) is 0 Å². The summed E-state index contributed by atoms with van der Waals surface area (Å²) in [5.41, 5.74) is 3.99. The molecule has 7 aromatic rings. The van der Waals surface area contributed by atoms with Crippen LogP contribution in [0, 0.1) is 18.3 Å². The van der Waals surface area contributed by atoms with Crippen LogP contribution in [0.1, 0.15) is 16.7 Å². The third-order valence-electron chi connectivity index (χ3n) is 9.57.